The second-order valence-corrected chi connectivity index (χ2v) is 8.47. The van der Waals surface area contributed by atoms with E-state index in [-0.39, 0.29) is 12.5 Å². The van der Waals surface area contributed by atoms with Crippen molar-refractivity contribution in [3.05, 3.63) is 66.2 Å². The van der Waals surface area contributed by atoms with E-state index in [1.165, 1.54) is 5.56 Å². The van der Waals surface area contributed by atoms with Crippen molar-refractivity contribution in [2.24, 2.45) is 0 Å². The average Bonchev–Trinajstić information content (AvgIpc) is 2.89. The number of ether oxygens (including phenoxy) is 1. The smallest absolute Gasteiger partial charge is 0.260 e. The molecule has 0 aliphatic carbocycles. The van der Waals surface area contributed by atoms with Crippen molar-refractivity contribution in [2.45, 2.75) is 20.8 Å². The van der Waals surface area contributed by atoms with Gasteiger partial charge in [0.25, 0.3) is 5.91 Å². The minimum Gasteiger partial charge on any atom is -0.484 e. The van der Waals surface area contributed by atoms with Crippen molar-refractivity contribution in [1.82, 2.24) is 15.1 Å². The molecule has 178 valence electrons. The molecule has 1 amide bonds. The number of rotatable bonds is 8. The summed E-state index contributed by atoms with van der Waals surface area (Å²) in [5.74, 6) is 1.57. The lowest BCUT2D eigenvalue weighted by molar-refractivity contribution is -0.133. The van der Waals surface area contributed by atoms with Gasteiger partial charge in [0.2, 0.25) is 0 Å². The Kier molecular flexibility index (Phi) is 7.62. The SMILES string of the molecule is CCN(CC)c1cccc(OCC(=O)N2CCN(c3ccc(-c4ccc(C)cc4)nn3)CC2)c1. The predicted molar refractivity (Wildman–Crippen MR) is 136 cm³/mol. The molecule has 0 radical (unpaired) electrons. The Morgan fingerprint density at radius 1 is 0.941 bits per heavy atom. The third-order valence-electron chi connectivity index (χ3n) is 6.26. The van der Waals surface area contributed by atoms with Crippen LogP contribution >= 0.6 is 0 Å². The molecule has 7 nitrogen and oxygen atoms in total. The average molecular weight is 460 g/mol. The van der Waals surface area contributed by atoms with Crippen LogP contribution in [0.3, 0.4) is 0 Å². The van der Waals surface area contributed by atoms with Crippen LogP contribution in [-0.2, 0) is 4.79 Å². The first-order chi connectivity index (χ1) is 16.6. The van der Waals surface area contributed by atoms with Gasteiger partial charge in [-0.25, -0.2) is 0 Å². The molecule has 1 aromatic heterocycles. The van der Waals surface area contributed by atoms with Crippen LogP contribution in [-0.4, -0.2) is 66.9 Å². The third kappa shape index (κ3) is 5.65. The van der Waals surface area contributed by atoms with Gasteiger partial charge in [-0.2, -0.15) is 0 Å². The maximum Gasteiger partial charge on any atom is 0.260 e. The van der Waals surface area contributed by atoms with E-state index in [0.29, 0.717) is 13.1 Å². The number of nitrogens with zero attached hydrogens (tertiary/aromatic N) is 5. The van der Waals surface area contributed by atoms with Crippen LogP contribution in [0.1, 0.15) is 19.4 Å². The first-order valence-electron chi connectivity index (χ1n) is 12.0. The number of hydrogen-bond donors (Lipinski definition) is 0. The van der Waals surface area contributed by atoms with E-state index in [4.69, 9.17) is 4.74 Å². The zero-order valence-corrected chi connectivity index (χ0v) is 20.3. The second-order valence-electron chi connectivity index (χ2n) is 8.47. The molecule has 4 rings (SSSR count). The molecule has 7 heteroatoms. The van der Waals surface area contributed by atoms with Gasteiger partial charge in [-0.3, -0.25) is 4.79 Å². The molecule has 1 aliphatic rings. The highest BCUT2D eigenvalue weighted by molar-refractivity contribution is 5.78. The molecule has 0 bridgehead atoms. The molecule has 0 N–H and O–H groups in total. The molecular formula is C27H33N5O2. The largest absolute Gasteiger partial charge is 0.484 e. The summed E-state index contributed by atoms with van der Waals surface area (Å²) in [5, 5.41) is 8.83. The van der Waals surface area contributed by atoms with Crippen LogP contribution in [0.2, 0.25) is 0 Å². The van der Waals surface area contributed by atoms with E-state index in [1.54, 1.807) is 0 Å². The summed E-state index contributed by atoms with van der Waals surface area (Å²) in [7, 11) is 0. The van der Waals surface area contributed by atoms with Crippen molar-refractivity contribution in [3.63, 3.8) is 0 Å². The molecule has 1 saturated heterocycles. The molecule has 0 unspecified atom stereocenters. The fraction of sp³-hybridized carbons (Fsp3) is 0.370. The number of aryl methyl sites for hydroxylation is 1. The normalized spacial score (nSPS) is 13.6. The second kappa shape index (κ2) is 11.0. The van der Waals surface area contributed by atoms with Crippen molar-refractivity contribution in [1.29, 1.82) is 0 Å². The third-order valence-corrected chi connectivity index (χ3v) is 6.26. The van der Waals surface area contributed by atoms with Gasteiger partial charge in [-0.15, -0.1) is 10.2 Å². The van der Waals surface area contributed by atoms with E-state index in [1.807, 2.05) is 35.2 Å². The van der Waals surface area contributed by atoms with Crippen LogP contribution in [0.5, 0.6) is 5.75 Å². The Balaban J connectivity index is 1.28. The van der Waals surface area contributed by atoms with E-state index in [9.17, 15) is 4.79 Å². The highest BCUT2D eigenvalue weighted by Gasteiger charge is 2.22. The number of carbonyl (C=O) groups excluding carboxylic acids is 1. The van der Waals surface area contributed by atoms with E-state index in [0.717, 1.165) is 54.7 Å². The Labute approximate surface area is 202 Å². The minimum atomic E-state index is 0.00805. The number of carbonyl (C=O) groups is 1. The van der Waals surface area contributed by atoms with Gasteiger partial charge in [0.05, 0.1) is 5.69 Å². The highest BCUT2D eigenvalue weighted by atomic mass is 16.5. The Hall–Kier alpha value is -3.61. The van der Waals surface area contributed by atoms with Gasteiger partial charge >= 0.3 is 0 Å². The van der Waals surface area contributed by atoms with Crippen LogP contribution in [0.15, 0.2) is 60.7 Å². The van der Waals surface area contributed by atoms with Crippen LogP contribution < -0.4 is 14.5 Å². The molecule has 34 heavy (non-hydrogen) atoms. The van der Waals surface area contributed by atoms with E-state index in [2.05, 4.69) is 71.1 Å². The van der Waals surface area contributed by atoms with E-state index >= 15 is 0 Å². The first-order valence-corrected chi connectivity index (χ1v) is 12.0. The summed E-state index contributed by atoms with van der Waals surface area (Å²) in [6, 6.07) is 20.2. The molecule has 3 aromatic rings. The Morgan fingerprint density at radius 2 is 1.68 bits per heavy atom. The van der Waals surface area contributed by atoms with Crippen molar-refractivity contribution >= 4 is 17.4 Å². The molecular weight excluding hydrogens is 426 g/mol. The molecule has 0 atom stereocenters. The number of amides is 1. The lowest BCUT2D eigenvalue weighted by atomic mass is 10.1. The standard InChI is InChI=1S/C27H33N5O2/c1-4-30(5-2)23-7-6-8-24(19-23)34-20-27(33)32-17-15-31(16-18-32)26-14-13-25(28-29-26)22-11-9-21(3)10-12-22/h6-14,19H,4-5,15-18,20H2,1-3H3. The lowest BCUT2D eigenvalue weighted by Gasteiger charge is -2.35. The summed E-state index contributed by atoms with van der Waals surface area (Å²) < 4.78 is 5.82. The molecule has 0 spiro atoms. The van der Waals surface area contributed by atoms with Gasteiger partial charge in [0.15, 0.2) is 12.4 Å². The van der Waals surface area contributed by atoms with Gasteiger partial charge in [0.1, 0.15) is 5.75 Å². The van der Waals surface area contributed by atoms with Gasteiger partial charge in [-0.05, 0) is 45.0 Å². The number of anilines is 2. The summed E-state index contributed by atoms with van der Waals surface area (Å²) >= 11 is 0. The van der Waals surface area contributed by atoms with Crippen molar-refractivity contribution in [3.8, 4) is 17.0 Å². The van der Waals surface area contributed by atoms with Crippen molar-refractivity contribution in [2.75, 3.05) is 55.7 Å². The van der Waals surface area contributed by atoms with Crippen LogP contribution in [0.25, 0.3) is 11.3 Å². The van der Waals surface area contributed by atoms with E-state index < -0.39 is 0 Å². The summed E-state index contributed by atoms with van der Waals surface area (Å²) in [6.07, 6.45) is 0. The first kappa shape index (κ1) is 23.5. The molecule has 1 fully saturated rings. The molecule has 0 saturated carbocycles. The zero-order chi connectivity index (χ0) is 23.9. The fourth-order valence-electron chi connectivity index (χ4n) is 4.15. The molecule has 2 aromatic carbocycles. The fourth-order valence-corrected chi connectivity index (χ4v) is 4.15. The minimum absolute atomic E-state index is 0.00805. The van der Waals surface area contributed by atoms with Crippen molar-refractivity contribution < 1.29 is 9.53 Å². The maximum absolute atomic E-state index is 12.7. The number of hydrogen-bond acceptors (Lipinski definition) is 6. The summed E-state index contributed by atoms with van der Waals surface area (Å²) in [6.45, 7) is 11.0. The predicted octanol–water partition coefficient (Wildman–Crippen LogP) is 4.03. The zero-order valence-electron chi connectivity index (χ0n) is 20.3. The van der Waals surface area contributed by atoms with Gasteiger partial charge in [0, 0.05) is 56.6 Å². The number of benzene rings is 2. The van der Waals surface area contributed by atoms with Gasteiger partial charge < -0.3 is 19.4 Å². The molecule has 1 aliphatic heterocycles. The van der Waals surface area contributed by atoms with Crippen LogP contribution in [0, 0.1) is 6.92 Å². The molecule has 2 heterocycles. The number of aromatic nitrogens is 2. The van der Waals surface area contributed by atoms with Gasteiger partial charge in [-0.1, -0.05) is 35.9 Å². The Morgan fingerprint density at radius 3 is 2.32 bits per heavy atom. The topological polar surface area (TPSA) is 61.8 Å². The summed E-state index contributed by atoms with van der Waals surface area (Å²) in [4.78, 5) is 19.0. The lowest BCUT2D eigenvalue weighted by Crippen LogP contribution is -2.50. The quantitative estimate of drug-likeness (QED) is 0.507. The summed E-state index contributed by atoms with van der Waals surface area (Å²) in [5.41, 5.74) is 4.25. The number of piperazine rings is 1. The maximum atomic E-state index is 12.7. The van der Waals surface area contributed by atoms with Crippen LogP contribution in [0.4, 0.5) is 11.5 Å². The monoisotopic (exact) mass is 459 g/mol. The Bertz CT molecular complexity index is 1070. The highest BCUT2D eigenvalue weighted by Crippen LogP contribution is 2.22.